The van der Waals surface area contributed by atoms with Gasteiger partial charge in [-0.1, -0.05) is 0 Å². The van der Waals surface area contributed by atoms with E-state index in [1.54, 1.807) is 0 Å². The Kier molecular flexibility index (Phi) is 4.71. The maximum absolute atomic E-state index is 5.89. The van der Waals surface area contributed by atoms with Crippen LogP contribution in [0.1, 0.15) is 31.6 Å². The highest BCUT2D eigenvalue weighted by atomic mass is 16.5. The van der Waals surface area contributed by atoms with Crippen LogP contribution < -0.4 is 11.2 Å². The molecular formula is C12H23N5O. The second kappa shape index (κ2) is 6.29. The first-order valence-electron chi connectivity index (χ1n) is 6.53. The minimum absolute atomic E-state index is 0.105. The summed E-state index contributed by atoms with van der Waals surface area (Å²) in [6.45, 7) is 8.18. The van der Waals surface area contributed by atoms with Crippen LogP contribution >= 0.6 is 0 Å². The van der Waals surface area contributed by atoms with Crippen molar-refractivity contribution in [2.75, 3.05) is 32.8 Å². The van der Waals surface area contributed by atoms with Crippen LogP contribution in [0.4, 0.5) is 0 Å². The number of morpholine rings is 1. The Bertz CT molecular complexity index is 359. The van der Waals surface area contributed by atoms with E-state index >= 15 is 0 Å². The molecule has 3 N–H and O–H groups in total. The van der Waals surface area contributed by atoms with Crippen LogP contribution in [-0.2, 0) is 4.74 Å². The van der Waals surface area contributed by atoms with E-state index in [9.17, 15) is 0 Å². The van der Waals surface area contributed by atoms with E-state index in [4.69, 9.17) is 10.5 Å². The molecule has 18 heavy (non-hydrogen) atoms. The van der Waals surface area contributed by atoms with Gasteiger partial charge in [-0.15, -0.1) is 0 Å². The smallest absolute Gasteiger partial charge is 0.0951 e. The van der Waals surface area contributed by atoms with E-state index in [0.717, 1.165) is 32.0 Å². The van der Waals surface area contributed by atoms with E-state index < -0.39 is 0 Å². The van der Waals surface area contributed by atoms with Crippen LogP contribution in [0.2, 0.25) is 0 Å². The monoisotopic (exact) mass is 253 g/mol. The Morgan fingerprint density at radius 2 is 2.17 bits per heavy atom. The number of hydrazine groups is 1. The molecule has 1 fully saturated rings. The fourth-order valence-electron chi connectivity index (χ4n) is 2.17. The molecule has 1 unspecified atom stereocenters. The Labute approximate surface area is 108 Å². The van der Waals surface area contributed by atoms with Gasteiger partial charge in [-0.25, -0.2) is 15.4 Å². The van der Waals surface area contributed by atoms with Crippen molar-refractivity contribution in [1.82, 2.24) is 20.0 Å². The van der Waals surface area contributed by atoms with Crippen LogP contribution in [0, 0.1) is 0 Å². The molecule has 1 saturated heterocycles. The van der Waals surface area contributed by atoms with Crippen molar-refractivity contribution >= 4 is 0 Å². The Hall–Kier alpha value is -0.950. The van der Waals surface area contributed by atoms with E-state index in [2.05, 4.69) is 33.8 Å². The minimum Gasteiger partial charge on any atom is -0.379 e. The Morgan fingerprint density at radius 3 is 2.78 bits per heavy atom. The van der Waals surface area contributed by atoms with Gasteiger partial charge in [0.15, 0.2) is 0 Å². The molecule has 0 spiro atoms. The van der Waals surface area contributed by atoms with Crippen LogP contribution in [0.5, 0.6) is 0 Å². The highest BCUT2D eigenvalue weighted by Crippen LogP contribution is 2.17. The van der Waals surface area contributed by atoms with Crippen molar-refractivity contribution < 1.29 is 4.74 Å². The summed E-state index contributed by atoms with van der Waals surface area (Å²) in [5.41, 5.74) is 10.5. The van der Waals surface area contributed by atoms with Crippen molar-refractivity contribution in [2.24, 2.45) is 5.73 Å². The number of aromatic nitrogens is 2. The van der Waals surface area contributed by atoms with Crippen molar-refractivity contribution in [3.8, 4) is 0 Å². The molecule has 0 bridgehead atoms. The topological polar surface area (TPSA) is 68.3 Å². The molecule has 6 nitrogen and oxygen atoms in total. The summed E-state index contributed by atoms with van der Waals surface area (Å²) < 4.78 is 7.49. The summed E-state index contributed by atoms with van der Waals surface area (Å²) in [5.74, 6) is 0. The zero-order valence-corrected chi connectivity index (χ0v) is 11.2. The summed E-state index contributed by atoms with van der Waals surface area (Å²) in [6.07, 6.45) is 3.76. The molecule has 1 aromatic rings. The molecule has 1 atom stereocenters. The van der Waals surface area contributed by atoms with Gasteiger partial charge in [0.1, 0.15) is 0 Å². The number of nitrogens with two attached hydrogens (primary N) is 1. The lowest BCUT2D eigenvalue weighted by Crippen LogP contribution is -2.49. The van der Waals surface area contributed by atoms with Crippen LogP contribution in [0.3, 0.4) is 0 Å². The molecule has 2 heterocycles. The van der Waals surface area contributed by atoms with Gasteiger partial charge in [0.25, 0.3) is 0 Å². The third-order valence-corrected chi connectivity index (χ3v) is 3.19. The van der Waals surface area contributed by atoms with Crippen molar-refractivity contribution in [2.45, 2.75) is 25.9 Å². The van der Waals surface area contributed by atoms with Gasteiger partial charge >= 0.3 is 0 Å². The summed E-state index contributed by atoms with van der Waals surface area (Å²) in [7, 11) is 0. The van der Waals surface area contributed by atoms with Gasteiger partial charge in [-0.3, -0.25) is 0 Å². The highest BCUT2D eigenvalue weighted by Gasteiger charge is 2.19. The Morgan fingerprint density at radius 1 is 1.44 bits per heavy atom. The normalized spacial score (nSPS) is 19.3. The first kappa shape index (κ1) is 13.5. The third kappa shape index (κ3) is 3.08. The predicted molar refractivity (Wildman–Crippen MR) is 69.9 cm³/mol. The summed E-state index contributed by atoms with van der Waals surface area (Å²) in [4.78, 5) is 4.23. The number of hydrogen-bond acceptors (Lipinski definition) is 5. The van der Waals surface area contributed by atoms with E-state index in [1.807, 2.05) is 12.5 Å². The lowest BCUT2D eigenvalue weighted by Gasteiger charge is -2.31. The fourth-order valence-corrected chi connectivity index (χ4v) is 2.17. The zero-order chi connectivity index (χ0) is 13.0. The van der Waals surface area contributed by atoms with Crippen molar-refractivity contribution in [3.63, 3.8) is 0 Å². The number of nitrogens with zero attached hydrogens (tertiary/aromatic N) is 3. The van der Waals surface area contributed by atoms with Crippen molar-refractivity contribution in [1.29, 1.82) is 0 Å². The third-order valence-electron chi connectivity index (χ3n) is 3.19. The first-order chi connectivity index (χ1) is 8.72. The fraction of sp³-hybridized carbons (Fsp3) is 0.750. The molecule has 6 heteroatoms. The largest absolute Gasteiger partial charge is 0.379 e. The summed E-state index contributed by atoms with van der Waals surface area (Å²) in [5, 5.41) is 2.18. The number of imidazole rings is 1. The highest BCUT2D eigenvalue weighted by molar-refractivity contribution is 5.06. The molecule has 1 aromatic heterocycles. The van der Waals surface area contributed by atoms with Crippen LogP contribution in [0.25, 0.3) is 0 Å². The number of rotatable bonds is 5. The van der Waals surface area contributed by atoms with Crippen LogP contribution in [0.15, 0.2) is 12.5 Å². The lowest BCUT2D eigenvalue weighted by atomic mass is 10.2. The molecule has 0 amide bonds. The number of ether oxygens (including phenoxy) is 1. The van der Waals surface area contributed by atoms with Crippen molar-refractivity contribution in [3.05, 3.63) is 18.2 Å². The van der Waals surface area contributed by atoms with Crippen LogP contribution in [-0.4, -0.2) is 47.4 Å². The predicted octanol–water partition coefficient (Wildman–Crippen LogP) is 0.301. The lowest BCUT2D eigenvalue weighted by molar-refractivity contribution is 0.00337. The molecule has 102 valence electrons. The average Bonchev–Trinajstić information content (AvgIpc) is 2.86. The van der Waals surface area contributed by atoms with Gasteiger partial charge in [-0.2, -0.15) is 0 Å². The maximum atomic E-state index is 5.89. The Balaban J connectivity index is 2.05. The second-order valence-corrected chi connectivity index (χ2v) is 4.84. The van der Waals surface area contributed by atoms with Gasteiger partial charge in [-0.05, 0) is 13.8 Å². The summed E-state index contributed by atoms with van der Waals surface area (Å²) >= 11 is 0. The van der Waals surface area contributed by atoms with E-state index in [1.165, 1.54) is 0 Å². The quantitative estimate of drug-likeness (QED) is 0.790. The molecule has 0 aromatic carbocycles. The van der Waals surface area contributed by atoms with Gasteiger partial charge in [0.2, 0.25) is 0 Å². The zero-order valence-electron chi connectivity index (χ0n) is 11.2. The molecular weight excluding hydrogens is 230 g/mol. The number of hydrogen-bond donors (Lipinski definition) is 2. The average molecular weight is 253 g/mol. The molecule has 0 aliphatic carbocycles. The second-order valence-electron chi connectivity index (χ2n) is 4.84. The molecule has 1 aliphatic rings. The van der Waals surface area contributed by atoms with E-state index in [-0.39, 0.29) is 6.04 Å². The summed E-state index contributed by atoms with van der Waals surface area (Å²) in [6, 6.07) is 0.496. The standard InChI is InChI=1S/C12H23N5O/c1-10(2)17-9-14-8-12(17)11(7-13)15-16-3-5-18-6-4-16/h8-11,15H,3-7,13H2,1-2H3. The minimum atomic E-state index is 0.105. The maximum Gasteiger partial charge on any atom is 0.0951 e. The SMILES string of the molecule is CC(C)n1cncc1C(CN)NN1CCOCC1. The molecule has 2 rings (SSSR count). The van der Waals surface area contributed by atoms with E-state index in [0.29, 0.717) is 12.6 Å². The molecule has 1 aliphatic heterocycles. The number of nitrogens with one attached hydrogen (secondary N) is 1. The molecule has 0 radical (unpaired) electrons. The van der Waals surface area contributed by atoms with Gasteiger partial charge in [0.05, 0.1) is 31.3 Å². The van der Waals surface area contributed by atoms with Gasteiger partial charge in [0, 0.05) is 31.9 Å². The van der Waals surface area contributed by atoms with Gasteiger partial charge < -0.3 is 15.0 Å². The molecule has 0 saturated carbocycles. The first-order valence-corrected chi connectivity index (χ1v) is 6.53.